The van der Waals surface area contributed by atoms with Crippen LogP contribution in [0.1, 0.15) is 57.4 Å². The average molecular weight is 516 g/mol. The van der Waals surface area contributed by atoms with Gasteiger partial charge in [0, 0.05) is 0 Å². The second kappa shape index (κ2) is 16.7. The second-order valence-electron chi connectivity index (χ2n) is 7.80. The number of aliphatic hydroxyl groups is 3. The number of unbranched alkanes of at least 4 members (excludes halogenated alkanes) is 6. The molecule has 0 saturated heterocycles. The Bertz CT molecular complexity index is 700. The van der Waals surface area contributed by atoms with E-state index in [1.54, 1.807) is 0 Å². The lowest BCUT2D eigenvalue weighted by atomic mass is 9.92. The van der Waals surface area contributed by atoms with Crippen LogP contribution in [0.5, 0.6) is 5.75 Å². The normalized spacial score (nSPS) is 12.2. The summed E-state index contributed by atoms with van der Waals surface area (Å²) in [5.74, 6) is 0.781. The fourth-order valence-corrected chi connectivity index (χ4v) is 3.89. The Morgan fingerprint density at radius 1 is 0.788 bits per heavy atom. The number of para-hydroxylation sites is 1. The first-order valence-electron chi connectivity index (χ1n) is 10.8. The lowest BCUT2D eigenvalue weighted by molar-refractivity contribution is -0.0260. The summed E-state index contributed by atoms with van der Waals surface area (Å²) in [5.41, 5.74) is 0.153. The van der Waals surface area contributed by atoms with Gasteiger partial charge in [-0.3, -0.25) is 0 Å². The summed E-state index contributed by atoms with van der Waals surface area (Å²) >= 11 is 0. The third-order valence-corrected chi connectivity index (χ3v) is 6.48. The van der Waals surface area contributed by atoms with Crippen LogP contribution >= 0.6 is 15.6 Å². The molecule has 0 saturated carbocycles. The van der Waals surface area contributed by atoms with E-state index in [2.05, 4.69) is 17.3 Å². The highest BCUT2D eigenvalue weighted by Crippen LogP contribution is 2.53. The zero-order valence-electron chi connectivity index (χ0n) is 19.0. The molecule has 1 aromatic rings. The minimum absolute atomic E-state index is 0.102. The fourth-order valence-electron chi connectivity index (χ4n) is 2.78. The van der Waals surface area contributed by atoms with E-state index in [0.29, 0.717) is 0 Å². The molecule has 0 amide bonds. The summed E-state index contributed by atoms with van der Waals surface area (Å²) in [6, 6.07) is 7.89. The molecule has 1 rings (SSSR count). The minimum atomic E-state index is -5.05. The van der Waals surface area contributed by atoms with E-state index in [4.69, 9.17) is 24.3 Å². The van der Waals surface area contributed by atoms with Gasteiger partial charge in [0.15, 0.2) is 0 Å². The van der Waals surface area contributed by atoms with E-state index in [9.17, 15) is 24.4 Å². The van der Waals surface area contributed by atoms with Gasteiger partial charge in [0.25, 0.3) is 0 Å². The Morgan fingerprint density at radius 2 is 1.27 bits per heavy atom. The lowest BCUT2D eigenvalue weighted by Crippen LogP contribution is -2.39. The average Bonchev–Trinajstić information content (AvgIpc) is 2.73. The summed E-state index contributed by atoms with van der Waals surface area (Å²) in [4.78, 5) is 31.0. The molecule has 0 radical (unpaired) electrons. The SMILES string of the molecule is CCCCCCCCCc1ccccc1OCC(CO)(CO)CO.O=P(O)(O)OP(=O)(O)O. The monoisotopic (exact) mass is 516 g/mol. The summed E-state index contributed by atoms with van der Waals surface area (Å²) in [6.07, 6.45) is 9.88. The summed E-state index contributed by atoms with van der Waals surface area (Å²) in [5, 5.41) is 28.2. The maximum atomic E-state index is 9.63. The van der Waals surface area contributed by atoms with Gasteiger partial charge in [-0.15, -0.1) is 0 Å². The van der Waals surface area contributed by atoms with Gasteiger partial charge in [0.1, 0.15) is 12.4 Å². The van der Waals surface area contributed by atoms with Crippen LogP contribution in [0.3, 0.4) is 0 Å². The standard InChI is InChI=1S/C20H34O4.H4O7P2/c1-2-3-4-5-6-7-8-11-18-12-9-10-13-19(18)24-17-20(14-21,15-22)16-23;1-8(2,3)7-9(4,5)6/h9-10,12-13,21-23H,2-8,11,14-17H2,1H3;(H2,1,2,3)(H2,4,5,6). The molecule has 0 fully saturated rings. The van der Waals surface area contributed by atoms with Gasteiger partial charge in [-0.2, -0.15) is 4.31 Å². The molecule has 194 valence electrons. The zero-order valence-corrected chi connectivity index (χ0v) is 20.7. The van der Waals surface area contributed by atoms with Gasteiger partial charge in [-0.1, -0.05) is 63.6 Å². The summed E-state index contributed by atoms with van der Waals surface area (Å²) in [7, 11) is -10.1. The Labute approximate surface area is 194 Å². The number of hydrogen-bond acceptors (Lipinski definition) is 7. The molecule has 0 atom stereocenters. The zero-order chi connectivity index (χ0) is 25.4. The summed E-state index contributed by atoms with van der Waals surface area (Å²) in [6.45, 7) is 1.42. The van der Waals surface area contributed by atoms with E-state index in [0.717, 1.165) is 24.2 Å². The third-order valence-electron chi connectivity index (χ3n) is 4.78. The molecule has 7 N–H and O–H groups in total. The van der Waals surface area contributed by atoms with E-state index < -0.39 is 21.1 Å². The Morgan fingerprint density at radius 3 is 1.73 bits per heavy atom. The van der Waals surface area contributed by atoms with Crippen LogP contribution < -0.4 is 4.74 Å². The topological polar surface area (TPSA) is 194 Å². The first-order chi connectivity index (χ1) is 15.4. The fraction of sp³-hybridized carbons (Fsp3) is 0.700. The first kappa shape index (κ1) is 32.2. The van der Waals surface area contributed by atoms with E-state index >= 15 is 0 Å². The molecule has 0 bridgehead atoms. The van der Waals surface area contributed by atoms with Crippen LogP contribution in [0.4, 0.5) is 0 Å². The first-order valence-corrected chi connectivity index (χ1v) is 13.8. The molecule has 1 aromatic carbocycles. The molecular weight excluding hydrogens is 478 g/mol. The Kier molecular flexibility index (Phi) is 16.3. The Hall–Kier alpha value is -0.840. The van der Waals surface area contributed by atoms with E-state index in [1.807, 2.05) is 18.2 Å². The highest BCUT2D eigenvalue weighted by molar-refractivity contribution is 7.60. The van der Waals surface area contributed by atoms with Crippen molar-refractivity contribution >= 4 is 15.6 Å². The predicted octanol–water partition coefficient (Wildman–Crippen LogP) is 2.51. The minimum Gasteiger partial charge on any atom is -0.492 e. The highest BCUT2D eigenvalue weighted by Gasteiger charge is 2.29. The van der Waals surface area contributed by atoms with Gasteiger partial charge in [0.05, 0.1) is 25.2 Å². The molecule has 0 unspecified atom stereocenters. The van der Waals surface area contributed by atoms with Crippen LogP contribution in [0.15, 0.2) is 24.3 Å². The highest BCUT2D eigenvalue weighted by atomic mass is 31.3. The van der Waals surface area contributed by atoms with Crippen LogP contribution in [-0.2, 0) is 19.9 Å². The number of rotatable bonds is 16. The van der Waals surface area contributed by atoms with Gasteiger partial charge in [0.2, 0.25) is 0 Å². The van der Waals surface area contributed by atoms with Crippen molar-refractivity contribution in [3.8, 4) is 5.75 Å². The largest absolute Gasteiger partial charge is 0.492 e. The smallest absolute Gasteiger partial charge is 0.478 e. The number of hydrogen-bond donors (Lipinski definition) is 7. The second-order valence-corrected chi connectivity index (χ2v) is 10.4. The van der Waals surface area contributed by atoms with Crippen molar-refractivity contribution in [3.63, 3.8) is 0 Å². The molecule has 0 aromatic heterocycles. The quantitative estimate of drug-likeness (QED) is 0.126. The molecule has 0 aliphatic heterocycles. The molecular formula is C20H38O11P2. The summed E-state index contributed by atoms with van der Waals surface area (Å²) < 4.78 is 28.0. The van der Waals surface area contributed by atoms with Crippen molar-refractivity contribution in [2.45, 2.75) is 58.3 Å². The molecule has 0 aliphatic rings. The predicted molar refractivity (Wildman–Crippen MR) is 122 cm³/mol. The van der Waals surface area contributed by atoms with Crippen molar-refractivity contribution in [1.29, 1.82) is 0 Å². The van der Waals surface area contributed by atoms with Crippen LogP contribution in [0.25, 0.3) is 0 Å². The molecule has 13 heteroatoms. The van der Waals surface area contributed by atoms with E-state index in [-0.39, 0.29) is 26.4 Å². The number of phosphoric acid groups is 2. The number of benzene rings is 1. The number of aryl methyl sites for hydroxylation is 1. The van der Waals surface area contributed by atoms with E-state index in [1.165, 1.54) is 38.5 Å². The molecule has 33 heavy (non-hydrogen) atoms. The van der Waals surface area contributed by atoms with Gasteiger partial charge in [-0.05, 0) is 24.5 Å². The van der Waals surface area contributed by atoms with Crippen LogP contribution in [0.2, 0.25) is 0 Å². The van der Waals surface area contributed by atoms with Crippen LogP contribution in [-0.4, -0.2) is 61.3 Å². The van der Waals surface area contributed by atoms with Gasteiger partial charge < -0.3 is 39.6 Å². The van der Waals surface area contributed by atoms with Crippen LogP contribution in [0, 0.1) is 5.41 Å². The lowest BCUT2D eigenvalue weighted by Gasteiger charge is -2.27. The van der Waals surface area contributed by atoms with Crippen molar-refractivity contribution in [2.24, 2.45) is 5.41 Å². The van der Waals surface area contributed by atoms with Gasteiger partial charge >= 0.3 is 15.6 Å². The maximum Gasteiger partial charge on any atom is 0.478 e. The Balaban J connectivity index is 0.000000960. The van der Waals surface area contributed by atoms with Crippen molar-refractivity contribution < 1.29 is 53.1 Å². The number of aliphatic hydroxyl groups excluding tert-OH is 3. The molecule has 0 spiro atoms. The maximum absolute atomic E-state index is 9.63. The van der Waals surface area contributed by atoms with Crippen molar-refractivity contribution in [1.82, 2.24) is 0 Å². The number of ether oxygens (including phenoxy) is 1. The molecule has 11 nitrogen and oxygen atoms in total. The van der Waals surface area contributed by atoms with Crippen molar-refractivity contribution in [3.05, 3.63) is 29.8 Å². The third kappa shape index (κ3) is 16.4. The molecule has 0 aliphatic carbocycles. The molecule has 0 heterocycles. The van der Waals surface area contributed by atoms with Crippen molar-refractivity contribution in [2.75, 3.05) is 26.4 Å². The van der Waals surface area contributed by atoms with Gasteiger partial charge in [-0.25, -0.2) is 9.13 Å².